The first-order chi connectivity index (χ1) is 32.6. The second kappa shape index (κ2) is 25.5. The number of sulfonamides is 1. The molecule has 16 heteroatoms. The van der Waals surface area contributed by atoms with Gasteiger partial charge in [-0.25, -0.2) is 17.9 Å². The number of Topliss-reactive ketones (excluding diaryl/α,β-unsaturated/α-hetero) is 2. The molecule has 69 heavy (non-hydrogen) atoms. The zero-order valence-electron chi connectivity index (χ0n) is 42.7. The molecule has 3 aliphatic heterocycles. The molecule has 0 unspecified atom stereocenters. The number of allylic oxidation sites excluding steroid dienone is 6. The third-order valence-corrected chi connectivity index (χ3v) is 17.5. The minimum Gasteiger partial charge on any atom is -0.461 e. The summed E-state index contributed by atoms with van der Waals surface area (Å²) in [5.74, 6) is -6.79. The summed E-state index contributed by atoms with van der Waals surface area (Å²) >= 11 is 0. The van der Waals surface area contributed by atoms with E-state index in [1.807, 2.05) is 52.0 Å². The number of rotatable bonds is 8. The first-order valence-corrected chi connectivity index (χ1v) is 27.3. The maximum atomic E-state index is 14.5. The minimum atomic E-state index is -3.68. The molecule has 5 aliphatic rings. The lowest BCUT2D eigenvalue weighted by Gasteiger charge is -2.43. The van der Waals surface area contributed by atoms with Crippen molar-refractivity contribution in [3.63, 3.8) is 0 Å². The number of nitrogens with one attached hydrogen (secondary N) is 1. The Morgan fingerprint density at radius 1 is 0.841 bits per heavy atom. The second-order valence-electron chi connectivity index (χ2n) is 21.4. The SMILES string of the molecule is CO[C@@H]1C[C@H](C[C@@H](C)[C@@H]2CC[C@H](C)/C=C(\C)[C@@H](O)[C@@H](OC)C(=O)[C@H](C)C[C@H](C)/C=C/C=C/C=C(\C)[C@@H](NS(=O)(=O)C3CC3)C[C@@H]3CC[C@@H](C)[C@@](O)(O3)C(=O)C(=O)N3CCCC[C@H]3C(=O)O2)CC[C@H]1O. The highest BCUT2D eigenvalue weighted by Gasteiger charge is 2.53. The van der Waals surface area contributed by atoms with Crippen LogP contribution in [0.4, 0.5) is 0 Å². The molecule has 0 radical (unpaired) electrons. The van der Waals surface area contributed by atoms with E-state index >= 15 is 0 Å². The van der Waals surface area contributed by atoms with Crippen molar-refractivity contribution >= 4 is 33.5 Å². The van der Waals surface area contributed by atoms with E-state index in [1.165, 1.54) is 12.0 Å². The van der Waals surface area contributed by atoms with Crippen LogP contribution < -0.4 is 4.72 Å². The highest BCUT2D eigenvalue weighted by atomic mass is 32.2. The van der Waals surface area contributed by atoms with Crippen LogP contribution in [0.2, 0.25) is 0 Å². The summed E-state index contributed by atoms with van der Waals surface area (Å²) in [4.78, 5) is 58.2. The highest BCUT2D eigenvalue weighted by molar-refractivity contribution is 7.90. The maximum absolute atomic E-state index is 14.5. The molecule has 15 atom stereocenters. The number of aliphatic hydroxyl groups is 3. The summed E-state index contributed by atoms with van der Waals surface area (Å²) < 4.78 is 53.4. The van der Waals surface area contributed by atoms with E-state index in [0.29, 0.717) is 88.2 Å². The number of esters is 1. The number of methoxy groups -OCH3 is 2. The van der Waals surface area contributed by atoms with Crippen LogP contribution in [0.15, 0.2) is 47.6 Å². The Morgan fingerprint density at radius 2 is 1.57 bits per heavy atom. The van der Waals surface area contributed by atoms with Crippen LogP contribution in [0.5, 0.6) is 0 Å². The van der Waals surface area contributed by atoms with E-state index in [9.17, 15) is 42.9 Å². The maximum Gasteiger partial charge on any atom is 0.329 e. The molecular weight excluding hydrogens is 905 g/mol. The Bertz CT molecular complexity index is 2000. The van der Waals surface area contributed by atoms with E-state index in [2.05, 4.69) is 4.72 Å². The van der Waals surface area contributed by atoms with Gasteiger partial charge < -0.3 is 39.2 Å². The molecule has 2 saturated carbocycles. The van der Waals surface area contributed by atoms with Gasteiger partial charge in [0, 0.05) is 38.6 Å². The number of carbonyl (C=O) groups is 4. The topological polar surface area (TPSA) is 215 Å². The number of amides is 1. The average Bonchev–Trinajstić information content (AvgIpc) is 4.18. The molecule has 390 valence electrons. The van der Waals surface area contributed by atoms with Gasteiger partial charge in [-0.15, -0.1) is 0 Å². The number of fused-ring (bicyclic) bond motifs is 3. The first kappa shape index (κ1) is 56.8. The van der Waals surface area contributed by atoms with Crippen molar-refractivity contribution in [3.8, 4) is 0 Å². The number of hydrogen-bond acceptors (Lipinski definition) is 13. The monoisotopic (exact) mass is 989 g/mol. The average molecular weight is 989 g/mol. The molecule has 2 bridgehead atoms. The van der Waals surface area contributed by atoms with Crippen molar-refractivity contribution in [2.24, 2.45) is 35.5 Å². The normalized spacial score (nSPS) is 40.1. The minimum absolute atomic E-state index is 0.00499. The number of ketones is 2. The van der Waals surface area contributed by atoms with Crippen LogP contribution in [0.25, 0.3) is 0 Å². The molecule has 2 aliphatic carbocycles. The molecular formula is C53H84N2O13S. The van der Waals surface area contributed by atoms with Gasteiger partial charge >= 0.3 is 5.97 Å². The Balaban J connectivity index is 1.47. The number of carbonyl (C=O) groups excluding carboxylic acids is 4. The molecule has 0 spiro atoms. The molecule has 4 N–H and O–H groups in total. The molecule has 3 heterocycles. The number of aliphatic hydroxyl groups excluding tert-OH is 2. The molecule has 0 aromatic heterocycles. The van der Waals surface area contributed by atoms with E-state index in [4.69, 9.17) is 18.9 Å². The number of cyclic esters (lactones) is 1. The number of nitrogens with zero attached hydrogens (tertiary/aromatic N) is 1. The van der Waals surface area contributed by atoms with E-state index < -0.39 is 93.2 Å². The van der Waals surface area contributed by atoms with Gasteiger partial charge in [0.05, 0.1) is 23.6 Å². The van der Waals surface area contributed by atoms with Gasteiger partial charge in [-0.05, 0) is 139 Å². The predicted octanol–water partition coefficient (Wildman–Crippen LogP) is 6.44. The zero-order valence-corrected chi connectivity index (χ0v) is 43.5. The summed E-state index contributed by atoms with van der Waals surface area (Å²) in [6, 6.07) is -1.82. The lowest BCUT2D eigenvalue weighted by Crippen LogP contribution is -2.61. The van der Waals surface area contributed by atoms with Crippen LogP contribution in [0, 0.1) is 35.5 Å². The first-order valence-electron chi connectivity index (χ1n) is 25.7. The number of ether oxygens (including phenoxy) is 4. The lowest BCUT2D eigenvalue weighted by molar-refractivity contribution is -0.264. The van der Waals surface area contributed by atoms with Crippen LogP contribution >= 0.6 is 0 Å². The van der Waals surface area contributed by atoms with Gasteiger partial charge in [0.2, 0.25) is 15.8 Å². The largest absolute Gasteiger partial charge is 0.461 e. The van der Waals surface area contributed by atoms with E-state index in [1.54, 1.807) is 40.0 Å². The van der Waals surface area contributed by atoms with Crippen molar-refractivity contribution < 1.29 is 61.9 Å². The van der Waals surface area contributed by atoms with E-state index in [0.717, 1.165) is 6.42 Å². The third kappa shape index (κ3) is 15.2. The van der Waals surface area contributed by atoms with Crippen LogP contribution in [-0.4, -0.2) is 133 Å². The molecule has 15 nitrogen and oxygen atoms in total. The van der Waals surface area contributed by atoms with Gasteiger partial charge in [-0.2, -0.15) is 0 Å². The van der Waals surface area contributed by atoms with Crippen molar-refractivity contribution in [1.82, 2.24) is 9.62 Å². The number of piperidine rings is 1. The standard InChI is InChI=1S/C53H84N2O13S/c1-32-15-11-10-12-16-34(3)42(54-69(63,64)41-22-23-41)31-40-21-19-38(7)53(62,68-40)50(59)51(60)55-26-14-13-17-43(55)52(61)67-45(35(4)29-39-20-24-44(56)46(30-39)65-8)25-18-33(2)28-37(6)48(58)49(66-9)47(57)36(5)27-32/h10-12,15-16,28,32-33,35-36,38-46,48-49,54,56,58,62H,13-14,17-27,29-31H2,1-9H3/b12-10+,15-11+,34-16+,37-28+/t32-,33+,35-,36-,38-,39+,40+,42+,43+,44-,45+,46-,48-,49+,53-/m1/s1. The fourth-order valence-corrected chi connectivity index (χ4v) is 12.5. The third-order valence-electron chi connectivity index (χ3n) is 15.6. The summed E-state index contributed by atoms with van der Waals surface area (Å²) in [5, 5.41) is 33.6. The summed E-state index contributed by atoms with van der Waals surface area (Å²) in [5.41, 5.74) is 1.26. The van der Waals surface area contributed by atoms with Crippen LogP contribution in [0.3, 0.4) is 0 Å². The van der Waals surface area contributed by atoms with Crippen molar-refractivity contribution in [2.45, 2.75) is 205 Å². The molecule has 2 saturated heterocycles. The summed E-state index contributed by atoms with van der Waals surface area (Å²) in [7, 11) is -0.664. The Kier molecular flexibility index (Phi) is 21.0. The fourth-order valence-electron chi connectivity index (χ4n) is 10.9. The Hall–Kier alpha value is -3.09. The van der Waals surface area contributed by atoms with Crippen LogP contribution in [0.1, 0.15) is 145 Å². The van der Waals surface area contributed by atoms with Crippen molar-refractivity contribution in [1.29, 1.82) is 0 Å². The summed E-state index contributed by atoms with van der Waals surface area (Å²) in [6.07, 6.45) is 14.3. The van der Waals surface area contributed by atoms with Gasteiger partial charge in [-0.3, -0.25) is 14.4 Å². The molecule has 0 aromatic rings. The lowest BCUT2D eigenvalue weighted by atomic mass is 9.78. The second-order valence-corrected chi connectivity index (χ2v) is 23.4. The molecule has 1 amide bonds. The quantitative estimate of drug-likeness (QED) is 0.117. The number of hydrogen-bond donors (Lipinski definition) is 4. The fraction of sp³-hybridized carbons (Fsp3) is 0.774. The molecule has 5 rings (SSSR count). The summed E-state index contributed by atoms with van der Waals surface area (Å²) in [6.45, 7) is 13.2. The Labute approximate surface area is 411 Å². The molecule has 0 aromatic carbocycles. The smallest absolute Gasteiger partial charge is 0.329 e. The van der Waals surface area contributed by atoms with Gasteiger partial charge in [0.1, 0.15) is 24.4 Å². The molecule has 4 fully saturated rings. The van der Waals surface area contributed by atoms with Gasteiger partial charge in [0.25, 0.3) is 11.7 Å². The van der Waals surface area contributed by atoms with Crippen LogP contribution in [-0.2, 0) is 48.1 Å². The highest BCUT2D eigenvalue weighted by Crippen LogP contribution is 2.38. The predicted molar refractivity (Wildman–Crippen MR) is 263 cm³/mol. The Morgan fingerprint density at radius 3 is 2.25 bits per heavy atom. The zero-order chi connectivity index (χ0) is 50.8. The van der Waals surface area contributed by atoms with Crippen molar-refractivity contribution in [2.75, 3.05) is 20.8 Å². The van der Waals surface area contributed by atoms with E-state index in [-0.39, 0.29) is 54.9 Å². The van der Waals surface area contributed by atoms with Gasteiger partial charge in [-0.1, -0.05) is 76.6 Å². The van der Waals surface area contributed by atoms with Gasteiger partial charge in [0.15, 0.2) is 5.78 Å². The van der Waals surface area contributed by atoms with Crippen molar-refractivity contribution in [3.05, 3.63) is 47.6 Å².